The van der Waals surface area contributed by atoms with E-state index in [9.17, 15) is 13.2 Å². The molecule has 1 saturated heterocycles. The van der Waals surface area contributed by atoms with Crippen molar-refractivity contribution in [2.24, 2.45) is 11.8 Å². The van der Waals surface area contributed by atoms with E-state index in [2.05, 4.69) is 49.2 Å². The SMILES string of the molecule is Cc1cc(OCC(C)C)cc(-c2ccc(C(=O)NS(=O)(=O)c3cccc(N)n3)c(N3CCC(C)C3(C)C)n2)c1. The van der Waals surface area contributed by atoms with Crippen molar-refractivity contribution in [1.29, 1.82) is 0 Å². The number of aryl methyl sites for hydroxylation is 1. The maximum atomic E-state index is 13.5. The first-order valence-corrected chi connectivity index (χ1v) is 14.6. The molecule has 0 bridgehead atoms. The van der Waals surface area contributed by atoms with Gasteiger partial charge in [0.25, 0.3) is 15.9 Å². The number of nitrogens with one attached hydrogen (secondary N) is 1. The van der Waals surface area contributed by atoms with Crippen LogP contribution in [0.3, 0.4) is 0 Å². The molecule has 9 nitrogen and oxygen atoms in total. The van der Waals surface area contributed by atoms with Crippen molar-refractivity contribution in [1.82, 2.24) is 14.7 Å². The van der Waals surface area contributed by atoms with Gasteiger partial charge in [0.15, 0.2) is 5.03 Å². The van der Waals surface area contributed by atoms with Crippen molar-refractivity contribution in [3.63, 3.8) is 0 Å². The first kappa shape index (κ1) is 28.4. The monoisotopic (exact) mass is 551 g/mol. The Hall–Kier alpha value is -3.66. The van der Waals surface area contributed by atoms with Crippen LogP contribution >= 0.6 is 0 Å². The number of hydrogen-bond donors (Lipinski definition) is 2. The number of aromatic nitrogens is 2. The summed E-state index contributed by atoms with van der Waals surface area (Å²) >= 11 is 0. The van der Waals surface area contributed by atoms with Gasteiger partial charge in [0.05, 0.1) is 17.9 Å². The molecule has 2 aromatic heterocycles. The number of sulfonamides is 1. The van der Waals surface area contributed by atoms with E-state index in [0.29, 0.717) is 36.5 Å². The summed E-state index contributed by atoms with van der Waals surface area (Å²) < 4.78 is 34.0. The highest BCUT2D eigenvalue weighted by Gasteiger charge is 2.41. The summed E-state index contributed by atoms with van der Waals surface area (Å²) in [5, 5.41) is -0.328. The molecule has 1 aliphatic rings. The third-order valence-electron chi connectivity index (χ3n) is 7.24. The van der Waals surface area contributed by atoms with Gasteiger partial charge in [-0.3, -0.25) is 4.79 Å². The smallest absolute Gasteiger partial charge is 0.281 e. The molecule has 4 rings (SSSR count). The molecule has 1 amide bonds. The van der Waals surface area contributed by atoms with Gasteiger partial charge in [-0.05, 0) is 87.1 Å². The largest absolute Gasteiger partial charge is 0.493 e. The normalized spacial score (nSPS) is 16.9. The van der Waals surface area contributed by atoms with Crippen LogP contribution in [-0.2, 0) is 10.0 Å². The van der Waals surface area contributed by atoms with E-state index in [-0.39, 0.29) is 21.9 Å². The van der Waals surface area contributed by atoms with Gasteiger partial charge in [-0.15, -0.1) is 0 Å². The van der Waals surface area contributed by atoms with Crippen molar-refractivity contribution in [2.45, 2.75) is 58.5 Å². The van der Waals surface area contributed by atoms with Crippen molar-refractivity contribution < 1.29 is 17.9 Å². The van der Waals surface area contributed by atoms with E-state index in [4.69, 9.17) is 15.5 Å². The highest BCUT2D eigenvalue weighted by Crippen LogP contribution is 2.39. The minimum absolute atomic E-state index is 0.0414. The molecule has 1 atom stereocenters. The number of amides is 1. The molecule has 208 valence electrons. The fraction of sp³-hybridized carbons (Fsp3) is 0.414. The number of nitrogens with zero attached hydrogens (tertiary/aromatic N) is 3. The minimum Gasteiger partial charge on any atom is -0.493 e. The highest BCUT2D eigenvalue weighted by molar-refractivity contribution is 7.90. The summed E-state index contributed by atoms with van der Waals surface area (Å²) in [7, 11) is -4.25. The van der Waals surface area contributed by atoms with Crippen molar-refractivity contribution in [2.75, 3.05) is 23.8 Å². The van der Waals surface area contributed by atoms with Crippen LogP contribution in [0, 0.1) is 18.8 Å². The zero-order valence-corrected chi connectivity index (χ0v) is 24.2. The van der Waals surface area contributed by atoms with Crippen LogP contribution < -0.4 is 20.1 Å². The molecule has 0 spiro atoms. The lowest BCUT2D eigenvalue weighted by molar-refractivity contribution is 0.0981. The zero-order chi connectivity index (χ0) is 28.5. The molecule has 0 aliphatic carbocycles. The van der Waals surface area contributed by atoms with Crippen LogP contribution in [0.4, 0.5) is 11.6 Å². The second-order valence-corrected chi connectivity index (χ2v) is 12.8. The number of rotatable bonds is 8. The first-order chi connectivity index (χ1) is 18.3. The van der Waals surface area contributed by atoms with Gasteiger partial charge >= 0.3 is 0 Å². The van der Waals surface area contributed by atoms with Crippen LogP contribution in [0.5, 0.6) is 5.75 Å². The van der Waals surface area contributed by atoms with Gasteiger partial charge in [-0.2, -0.15) is 8.42 Å². The summed E-state index contributed by atoms with van der Waals surface area (Å²) in [6, 6.07) is 13.5. The summed E-state index contributed by atoms with van der Waals surface area (Å²) in [4.78, 5) is 24.4. The lowest BCUT2D eigenvalue weighted by Crippen LogP contribution is -2.43. The van der Waals surface area contributed by atoms with E-state index in [0.717, 1.165) is 23.3 Å². The van der Waals surface area contributed by atoms with Gasteiger partial charge in [0.2, 0.25) is 0 Å². The van der Waals surface area contributed by atoms with Gasteiger partial charge in [0.1, 0.15) is 17.4 Å². The lowest BCUT2D eigenvalue weighted by atomic mass is 9.90. The average molecular weight is 552 g/mol. The van der Waals surface area contributed by atoms with Crippen LogP contribution in [0.25, 0.3) is 11.3 Å². The molecule has 0 radical (unpaired) electrons. The van der Waals surface area contributed by atoms with Crippen molar-refractivity contribution in [3.05, 3.63) is 59.7 Å². The number of carbonyl (C=O) groups is 1. The quantitative estimate of drug-likeness (QED) is 0.408. The second kappa shape index (κ2) is 10.8. The number of carbonyl (C=O) groups excluding carboxylic acids is 1. The number of ether oxygens (including phenoxy) is 1. The van der Waals surface area contributed by atoms with E-state index in [1.807, 2.05) is 25.1 Å². The van der Waals surface area contributed by atoms with Gasteiger partial charge in [0, 0.05) is 17.6 Å². The summed E-state index contributed by atoms with van der Waals surface area (Å²) in [6.45, 7) is 13.8. The predicted octanol–water partition coefficient (Wildman–Crippen LogP) is 4.81. The Morgan fingerprint density at radius 3 is 2.56 bits per heavy atom. The molecule has 3 aromatic rings. The van der Waals surface area contributed by atoms with Crippen molar-refractivity contribution >= 4 is 27.6 Å². The van der Waals surface area contributed by atoms with Crippen LogP contribution in [-0.4, -0.2) is 43.0 Å². The Labute approximate surface area is 230 Å². The minimum atomic E-state index is -4.25. The fourth-order valence-corrected chi connectivity index (χ4v) is 5.59. The fourth-order valence-electron chi connectivity index (χ4n) is 4.65. The van der Waals surface area contributed by atoms with Crippen LogP contribution in [0.2, 0.25) is 0 Å². The summed E-state index contributed by atoms with van der Waals surface area (Å²) in [5.41, 5.74) is 8.06. The molecule has 3 heterocycles. The number of nitrogens with two attached hydrogens (primary N) is 1. The Kier molecular flexibility index (Phi) is 7.88. The van der Waals surface area contributed by atoms with Crippen molar-refractivity contribution in [3.8, 4) is 17.0 Å². The lowest BCUT2D eigenvalue weighted by Gasteiger charge is -2.36. The van der Waals surface area contributed by atoms with E-state index >= 15 is 0 Å². The third kappa shape index (κ3) is 6.16. The Bertz CT molecular complexity index is 1490. The number of benzene rings is 1. The van der Waals surface area contributed by atoms with Gasteiger partial charge < -0.3 is 15.4 Å². The molecular weight excluding hydrogens is 514 g/mol. The number of hydrogen-bond acceptors (Lipinski definition) is 8. The van der Waals surface area contributed by atoms with E-state index in [1.54, 1.807) is 12.1 Å². The van der Waals surface area contributed by atoms with E-state index in [1.165, 1.54) is 18.2 Å². The maximum Gasteiger partial charge on any atom is 0.281 e. The second-order valence-electron chi connectivity index (χ2n) is 11.1. The average Bonchev–Trinajstić information content (AvgIpc) is 3.13. The summed E-state index contributed by atoms with van der Waals surface area (Å²) in [5.74, 6) is 1.17. The first-order valence-electron chi connectivity index (χ1n) is 13.1. The molecule has 1 fully saturated rings. The Morgan fingerprint density at radius 1 is 1.18 bits per heavy atom. The third-order valence-corrected chi connectivity index (χ3v) is 8.47. The van der Waals surface area contributed by atoms with Crippen LogP contribution in [0.1, 0.15) is 57.0 Å². The standard InChI is InChI=1S/C29H37N5O4S/c1-18(2)17-38-22-15-19(3)14-21(16-22)24-11-10-23(27(31-24)34-13-12-20(4)29(34,5)6)28(35)33-39(36,37)26-9-7-8-25(30)32-26/h7-11,14-16,18,20H,12-13,17H2,1-6H3,(H2,30,32)(H,33,35). The van der Waals surface area contributed by atoms with Gasteiger partial charge in [-0.1, -0.05) is 26.8 Å². The number of anilines is 2. The number of nitrogen functional groups attached to an aromatic ring is 1. The Balaban J connectivity index is 1.77. The molecule has 10 heteroatoms. The summed E-state index contributed by atoms with van der Waals surface area (Å²) in [6.07, 6.45) is 0.920. The number of pyridine rings is 2. The molecule has 0 saturated carbocycles. The molecule has 39 heavy (non-hydrogen) atoms. The molecule has 1 unspecified atom stereocenters. The highest BCUT2D eigenvalue weighted by atomic mass is 32.2. The molecule has 3 N–H and O–H groups in total. The molecule has 1 aliphatic heterocycles. The van der Waals surface area contributed by atoms with Gasteiger partial charge in [-0.25, -0.2) is 14.7 Å². The predicted molar refractivity (Wildman–Crippen MR) is 153 cm³/mol. The van der Waals surface area contributed by atoms with Crippen LogP contribution in [0.15, 0.2) is 53.6 Å². The maximum absolute atomic E-state index is 13.5. The Morgan fingerprint density at radius 2 is 1.92 bits per heavy atom. The molecular formula is C29H37N5O4S. The zero-order valence-electron chi connectivity index (χ0n) is 23.4. The van der Waals surface area contributed by atoms with E-state index < -0.39 is 15.9 Å². The topological polar surface area (TPSA) is 128 Å². The molecule has 1 aromatic carbocycles.